The first kappa shape index (κ1) is 10.2. The fourth-order valence-corrected chi connectivity index (χ4v) is 1.16. The van der Waals surface area contributed by atoms with Crippen molar-refractivity contribution in [3.05, 3.63) is 29.3 Å². The maximum absolute atomic E-state index is 11.3. The lowest BCUT2D eigenvalue weighted by Crippen LogP contribution is -2.03. The largest absolute Gasteiger partial charge is 0.465 e. The first-order chi connectivity index (χ1) is 6.70. The monoisotopic (exact) mass is 191 g/mol. The fraction of sp³-hybridized carbons (Fsp3) is 0.200. The zero-order chi connectivity index (χ0) is 10.6. The van der Waals surface area contributed by atoms with Crippen molar-refractivity contribution in [3.8, 4) is 0 Å². The van der Waals surface area contributed by atoms with E-state index in [4.69, 9.17) is 0 Å². The van der Waals surface area contributed by atoms with Crippen LogP contribution in [-0.4, -0.2) is 19.2 Å². The second-order valence-corrected chi connectivity index (χ2v) is 2.66. The summed E-state index contributed by atoms with van der Waals surface area (Å²) in [6.07, 6.45) is 1.40. The molecule has 0 aromatic heterocycles. The molecule has 0 saturated heterocycles. The Balaban J connectivity index is 3.36. The molecule has 1 rings (SSSR count). The maximum atomic E-state index is 11.3. The first-order valence-electron chi connectivity index (χ1n) is 3.96. The number of aryl methyl sites for hydroxylation is 1. The molecule has 72 valence electrons. The summed E-state index contributed by atoms with van der Waals surface area (Å²) in [4.78, 5) is 24.9. The molecule has 1 aromatic carbocycles. The summed E-state index contributed by atoms with van der Waals surface area (Å²) in [5.41, 5.74) is 1.30. The van der Waals surface area contributed by atoms with Gasteiger partial charge in [0.15, 0.2) is 0 Å². The van der Waals surface area contributed by atoms with Gasteiger partial charge >= 0.3 is 5.97 Å². The van der Waals surface area contributed by atoms with Crippen LogP contribution in [0.1, 0.15) is 15.9 Å². The average molecular weight is 191 g/mol. The topological polar surface area (TPSA) is 55.7 Å². The summed E-state index contributed by atoms with van der Waals surface area (Å²) in [5.74, 6) is -0.503. The molecular formula is C10H9NO3. The van der Waals surface area contributed by atoms with Crippen LogP contribution in [0, 0.1) is 6.92 Å². The van der Waals surface area contributed by atoms with E-state index in [9.17, 15) is 9.59 Å². The summed E-state index contributed by atoms with van der Waals surface area (Å²) in [5, 5.41) is 0. The van der Waals surface area contributed by atoms with E-state index in [1.807, 2.05) is 0 Å². The van der Waals surface area contributed by atoms with Gasteiger partial charge in [0.1, 0.15) is 0 Å². The zero-order valence-corrected chi connectivity index (χ0v) is 7.90. The SMILES string of the molecule is COC(=O)c1c(C)cccc1N=C=O. The third-order valence-electron chi connectivity index (χ3n) is 1.81. The second kappa shape index (κ2) is 4.35. The van der Waals surface area contributed by atoms with Crippen LogP contribution < -0.4 is 0 Å². The van der Waals surface area contributed by atoms with Crippen molar-refractivity contribution in [2.45, 2.75) is 6.92 Å². The smallest absolute Gasteiger partial charge is 0.340 e. The normalized spacial score (nSPS) is 9.00. The van der Waals surface area contributed by atoms with Crippen molar-refractivity contribution in [1.29, 1.82) is 0 Å². The number of rotatable bonds is 2. The molecule has 0 heterocycles. The Morgan fingerprint density at radius 1 is 1.50 bits per heavy atom. The van der Waals surface area contributed by atoms with Crippen LogP contribution in [0.2, 0.25) is 0 Å². The molecule has 0 atom stereocenters. The summed E-state index contributed by atoms with van der Waals surface area (Å²) in [6, 6.07) is 5.01. The number of esters is 1. The van der Waals surface area contributed by atoms with Gasteiger partial charge in [-0.25, -0.2) is 9.59 Å². The highest BCUT2D eigenvalue weighted by Crippen LogP contribution is 2.22. The van der Waals surface area contributed by atoms with E-state index in [0.717, 1.165) is 0 Å². The van der Waals surface area contributed by atoms with E-state index in [0.29, 0.717) is 11.1 Å². The molecule has 0 saturated carbocycles. The molecule has 0 aliphatic rings. The van der Waals surface area contributed by atoms with Gasteiger partial charge in [0.2, 0.25) is 6.08 Å². The van der Waals surface area contributed by atoms with Crippen molar-refractivity contribution in [1.82, 2.24) is 0 Å². The lowest BCUT2D eigenvalue weighted by molar-refractivity contribution is 0.0601. The van der Waals surface area contributed by atoms with E-state index in [1.54, 1.807) is 25.1 Å². The van der Waals surface area contributed by atoms with Gasteiger partial charge in [-0.2, -0.15) is 4.99 Å². The summed E-state index contributed by atoms with van der Waals surface area (Å²) >= 11 is 0. The van der Waals surface area contributed by atoms with Crippen molar-refractivity contribution >= 4 is 17.7 Å². The Bertz CT molecular complexity index is 406. The molecule has 0 radical (unpaired) electrons. The molecule has 0 spiro atoms. The molecule has 0 aliphatic heterocycles. The van der Waals surface area contributed by atoms with Crippen molar-refractivity contribution < 1.29 is 14.3 Å². The zero-order valence-electron chi connectivity index (χ0n) is 7.90. The van der Waals surface area contributed by atoms with Gasteiger partial charge in [-0.3, -0.25) is 0 Å². The minimum Gasteiger partial charge on any atom is -0.465 e. The number of carbonyl (C=O) groups excluding carboxylic acids is 2. The average Bonchev–Trinajstić information content (AvgIpc) is 2.18. The quantitative estimate of drug-likeness (QED) is 0.406. The lowest BCUT2D eigenvalue weighted by Gasteiger charge is -2.05. The molecule has 4 heteroatoms. The van der Waals surface area contributed by atoms with Gasteiger partial charge in [0.05, 0.1) is 18.4 Å². The Morgan fingerprint density at radius 2 is 2.21 bits per heavy atom. The van der Waals surface area contributed by atoms with E-state index in [1.165, 1.54) is 13.2 Å². The number of methoxy groups -OCH3 is 1. The molecule has 0 bridgehead atoms. The van der Waals surface area contributed by atoms with Gasteiger partial charge < -0.3 is 4.74 Å². The number of hydrogen-bond donors (Lipinski definition) is 0. The molecule has 0 N–H and O–H groups in total. The highest BCUT2D eigenvalue weighted by Gasteiger charge is 2.13. The number of nitrogens with zero attached hydrogens (tertiary/aromatic N) is 1. The van der Waals surface area contributed by atoms with Gasteiger partial charge in [0.25, 0.3) is 0 Å². The van der Waals surface area contributed by atoms with E-state index < -0.39 is 5.97 Å². The van der Waals surface area contributed by atoms with Crippen LogP contribution >= 0.6 is 0 Å². The van der Waals surface area contributed by atoms with Crippen LogP contribution in [0.5, 0.6) is 0 Å². The van der Waals surface area contributed by atoms with Crippen molar-refractivity contribution in [2.75, 3.05) is 7.11 Å². The molecule has 1 aromatic rings. The number of ether oxygens (including phenoxy) is 1. The molecule has 0 aliphatic carbocycles. The molecule has 0 fully saturated rings. The number of carbonyl (C=O) groups is 1. The number of isocyanates is 1. The highest BCUT2D eigenvalue weighted by molar-refractivity contribution is 5.96. The van der Waals surface area contributed by atoms with Crippen LogP contribution in [0.4, 0.5) is 5.69 Å². The maximum Gasteiger partial charge on any atom is 0.340 e. The fourth-order valence-electron chi connectivity index (χ4n) is 1.16. The van der Waals surface area contributed by atoms with E-state index >= 15 is 0 Å². The molecule has 4 nitrogen and oxygen atoms in total. The van der Waals surface area contributed by atoms with Crippen LogP contribution in [0.15, 0.2) is 23.2 Å². The molecule has 14 heavy (non-hydrogen) atoms. The molecule has 0 unspecified atom stereocenters. The highest BCUT2D eigenvalue weighted by atomic mass is 16.5. The summed E-state index contributed by atoms with van der Waals surface area (Å²) in [6.45, 7) is 1.75. The standard InChI is InChI=1S/C10H9NO3/c1-7-4-3-5-8(11-6-12)9(7)10(13)14-2/h3-5H,1-2H3. The summed E-state index contributed by atoms with van der Waals surface area (Å²) in [7, 11) is 1.28. The summed E-state index contributed by atoms with van der Waals surface area (Å²) < 4.78 is 4.58. The second-order valence-electron chi connectivity index (χ2n) is 2.66. The van der Waals surface area contributed by atoms with Crippen molar-refractivity contribution in [3.63, 3.8) is 0 Å². The van der Waals surface area contributed by atoms with Crippen molar-refractivity contribution in [2.24, 2.45) is 4.99 Å². The van der Waals surface area contributed by atoms with Gasteiger partial charge in [-0.1, -0.05) is 12.1 Å². The Labute approximate surface area is 81.2 Å². The molecule has 0 amide bonds. The van der Waals surface area contributed by atoms with Crippen LogP contribution in [0.25, 0.3) is 0 Å². The van der Waals surface area contributed by atoms with Gasteiger partial charge in [-0.15, -0.1) is 0 Å². The Morgan fingerprint density at radius 3 is 2.79 bits per heavy atom. The van der Waals surface area contributed by atoms with Gasteiger partial charge in [-0.05, 0) is 18.6 Å². The third kappa shape index (κ3) is 1.87. The van der Waals surface area contributed by atoms with Gasteiger partial charge in [0, 0.05) is 0 Å². The number of aliphatic imine (C=N–C) groups is 1. The Kier molecular flexibility index (Phi) is 3.15. The predicted molar refractivity (Wildman–Crippen MR) is 50.3 cm³/mol. The Hall–Kier alpha value is -1.93. The third-order valence-corrected chi connectivity index (χ3v) is 1.81. The predicted octanol–water partition coefficient (Wildman–Crippen LogP) is 1.75. The lowest BCUT2D eigenvalue weighted by atomic mass is 10.1. The van der Waals surface area contributed by atoms with E-state index in [2.05, 4.69) is 9.73 Å². The number of hydrogen-bond acceptors (Lipinski definition) is 4. The minimum atomic E-state index is -0.503. The molecular weight excluding hydrogens is 182 g/mol. The van der Waals surface area contributed by atoms with Crippen LogP contribution in [0.3, 0.4) is 0 Å². The van der Waals surface area contributed by atoms with Crippen LogP contribution in [-0.2, 0) is 9.53 Å². The first-order valence-corrected chi connectivity index (χ1v) is 3.96. The minimum absolute atomic E-state index is 0.284. The van der Waals surface area contributed by atoms with E-state index in [-0.39, 0.29) is 5.69 Å². The number of benzene rings is 1.